The van der Waals surface area contributed by atoms with Crippen LogP contribution >= 0.6 is 0 Å². The van der Waals surface area contributed by atoms with E-state index < -0.39 is 0 Å². The second-order valence-electron chi connectivity index (χ2n) is 5.08. The zero-order valence-corrected chi connectivity index (χ0v) is 12.7. The van der Waals surface area contributed by atoms with E-state index in [-0.39, 0.29) is 13.4 Å². The molecule has 0 aromatic heterocycles. The Morgan fingerprint density at radius 3 is 2.74 bits per heavy atom. The van der Waals surface area contributed by atoms with Crippen LogP contribution in [0.15, 0.2) is 55.1 Å². The maximum Gasteiger partial charge on any atom is 0.231 e. The van der Waals surface area contributed by atoms with Crippen molar-refractivity contribution >= 4 is 6.08 Å². The molecule has 118 valence electrons. The fourth-order valence-corrected chi connectivity index (χ4v) is 2.35. The molecule has 3 rings (SSSR count). The molecule has 0 saturated heterocycles. The predicted molar refractivity (Wildman–Crippen MR) is 89.1 cm³/mol. The molecular weight excluding hydrogens is 292 g/mol. The third kappa shape index (κ3) is 3.55. The largest absolute Gasteiger partial charge is 0.453 e. The van der Waals surface area contributed by atoms with Gasteiger partial charge < -0.3 is 19.3 Å². The Hall–Kier alpha value is -2.72. The zero-order valence-electron chi connectivity index (χ0n) is 12.7. The van der Waals surface area contributed by atoms with Crippen molar-refractivity contribution in [1.29, 1.82) is 0 Å². The summed E-state index contributed by atoms with van der Waals surface area (Å²) in [4.78, 5) is 0. The highest BCUT2D eigenvalue weighted by atomic mass is 16.7. The van der Waals surface area contributed by atoms with Crippen LogP contribution in [0.5, 0.6) is 23.0 Å². The third-order valence-corrected chi connectivity index (χ3v) is 3.41. The number of hydrogen-bond donors (Lipinski definition) is 1. The van der Waals surface area contributed by atoms with Crippen molar-refractivity contribution in [2.45, 2.75) is 6.42 Å². The molecule has 1 aliphatic heterocycles. The van der Waals surface area contributed by atoms with E-state index in [1.54, 1.807) is 6.08 Å². The fraction of sp³-hybridized carbons (Fsp3) is 0.158. The Balaban J connectivity index is 1.87. The summed E-state index contributed by atoms with van der Waals surface area (Å²) < 4.78 is 16.9. The Morgan fingerprint density at radius 2 is 2.00 bits per heavy atom. The van der Waals surface area contributed by atoms with Gasteiger partial charge in [-0.05, 0) is 41.8 Å². The summed E-state index contributed by atoms with van der Waals surface area (Å²) in [5.74, 6) is 2.55. The predicted octanol–water partition coefficient (Wildman–Crippen LogP) is 3.94. The van der Waals surface area contributed by atoms with Crippen LogP contribution < -0.4 is 14.2 Å². The van der Waals surface area contributed by atoms with Crippen molar-refractivity contribution < 1.29 is 19.3 Å². The summed E-state index contributed by atoms with van der Waals surface area (Å²) >= 11 is 0. The normalized spacial score (nSPS) is 12.6. The second kappa shape index (κ2) is 7.03. The lowest BCUT2D eigenvalue weighted by molar-refractivity contribution is 0.172. The quantitative estimate of drug-likeness (QED) is 0.821. The van der Waals surface area contributed by atoms with E-state index in [1.165, 1.54) is 5.56 Å². The van der Waals surface area contributed by atoms with E-state index in [0.717, 1.165) is 17.7 Å². The van der Waals surface area contributed by atoms with Gasteiger partial charge in [0.2, 0.25) is 12.5 Å². The van der Waals surface area contributed by atoms with Gasteiger partial charge >= 0.3 is 0 Å². The first-order valence-corrected chi connectivity index (χ1v) is 7.39. The molecular formula is C19H18O4. The minimum Gasteiger partial charge on any atom is -0.453 e. The van der Waals surface area contributed by atoms with Crippen molar-refractivity contribution in [2.75, 3.05) is 13.4 Å². The van der Waals surface area contributed by atoms with E-state index >= 15 is 0 Å². The molecule has 0 radical (unpaired) electrons. The molecule has 2 aromatic carbocycles. The van der Waals surface area contributed by atoms with Crippen LogP contribution in [0.3, 0.4) is 0 Å². The van der Waals surface area contributed by atoms with E-state index in [4.69, 9.17) is 19.3 Å². The van der Waals surface area contributed by atoms with Gasteiger partial charge in [0.15, 0.2) is 11.5 Å². The van der Waals surface area contributed by atoms with Gasteiger partial charge in [0, 0.05) is 0 Å². The zero-order chi connectivity index (χ0) is 16.1. The number of aliphatic hydroxyl groups excluding tert-OH is 1. The van der Waals surface area contributed by atoms with Gasteiger partial charge in [0.25, 0.3) is 0 Å². The molecule has 0 atom stereocenters. The number of hydrogen-bond acceptors (Lipinski definition) is 4. The maximum atomic E-state index is 8.91. The Kier molecular flexibility index (Phi) is 4.64. The first kappa shape index (κ1) is 15.2. The summed E-state index contributed by atoms with van der Waals surface area (Å²) in [6, 6.07) is 11.6. The average molecular weight is 310 g/mol. The van der Waals surface area contributed by atoms with Crippen molar-refractivity contribution in [2.24, 2.45) is 0 Å². The Bertz CT molecular complexity index is 717. The molecule has 23 heavy (non-hydrogen) atoms. The second-order valence-corrected chi connectivity index (χ2v) is 5.08. The number of fused-ring (bicyclic) bond motifs is 1. The molecule has 0 fully saturated rings. The minimum atomic E-state index is -0.0185. The highest BCUT2D eigenvalue weighted by Gasteiger charge is 2.20. The topological polar surface area (TPSA) is 47.9 Å². The number of ether oxygens (including phenoxy) is 3. The van der Waals surface area contributed by atoms with Crippen LogP contribution in [-0.2, 0) is 6.42 Å². The molecule has 0 saturated carbocycles. The highest BCUT2D eigenvalue weighted by Crippen LogP contribution is 2.44. The van der Waals surface area contributed by atoms with Gasteiger partial charge in [-0.3, -0.25) is 0 Å². The summed E-state index contributed by atoms with van der Waals surface area (Å²) in [6.07, 6.45) is 6.16. The van der Waals surface area contributed by atoms with E-state index in [1.807, 2.05) is 48.6 Å². The molecule has 2 aromatic rings. The van der Waals surface area contributed by atoms with Crippen LogP contribution in [0.1, 0.15) is 11.1 Å². The van der Waals surface area contributed by atoms with Gasteiger partial charge in [-0.25, -0.2) is 0 Å². The number of aliphatic hydroxyl groups is 1. The van der Waals surface area contributed by atoms with Crippen molar-refractivity contribution in [3.8, 4) is 23.0 Å². The molecule has 0 aliphatic carbocycles. The molecule has 1 aliphatic rings. The molecule has 1 N–H and O–H groups in total. The van der Waals surface area contributed by atoms with Crippen LogP contribution in [0.2, 0.25) is 0 Å². The van der Waals surface area contributed by atoms with Gasteiger partial charge in [-0.15, -0.1) is 6.58 Å². The lowest BCUT2D eigenvalue weighted by Gasteiger charge is -2.10. The molecule has 0 unspecified atom stereocenters. The highest BCUT2D eigenvalue weighted by molar-refractivity contribution is 5.63. The molecule has 0 spiro atoms. The molecule has 4 heteroatoms. The van der Waals surface area contributed by atoms with Crippen molar-refractivity contribution in [1.82, 2.24) is 0 Å². The van der Waals surface area contributed by atoms with Gasteiger partial charge in [0.1, 0.15) is 5.75 Å². The summed E-state index contributed by atoms with van der Waals surface area (Å²) in [5.41, 5.74) is 2.05. The van der Waals surface area contributed by atoms with Crippen LogP contribution in [0, 0.1) is 0 Å². The van der Waals surface area contributed by atoms with Gasteiger partial charge in [-0.2, -0.15) is 0 Å². The Labute approximate surface area is 135 Å². The van der Waals surface area contributed by atoms with E-state index in [9.17, 15) is 0 Å². The lowest BCUT2D eigenvalue weighted by atomic mass is 10.1. The van der Waals surface area contributed by atoms with Crippen LogP contribution in [0.25, 0.3) is 6.08 Å². The van der Waals surface area contributed by atoms with E-state index in [0.29, 0.717) is 17.2 Å². The smallest absolute Gasteiger partial charge is 0.231 e. The standard InChI is InChI=1S/C19H18O4/c1-2-4-14-6-8-16(9-7-14)23-18-12-15(5-3-10-20)11-17-19(18)22-13-21-17/h2-3,5-9,11-12,20H,1,4,10,13H2/b5-3+. The maximum absolute atomic E-state index is 8.91. The summed E-state index contributed by atoms with van der Waals surface area (Å²) in [7, 11) is 0. The van der Waals surface area contributed by atoms with Crippen LogP contribution in [0.4, 0.5) is 0 Å². The number of benzene rings is 2. The molecule has 0 amide bonds. The van der Waals surface area contributed by atoms with Gasteiger partial charge in [-0.1, -0.05) is 30.4 Å². The minimum absolute atomic E-state index is 0.0185. The SMILES string of the molecule is C=CCc1ccc(Oc2cc(/C=C/CO)cc3c2OCO3)cc1. The number of allylic oxidation sites excluding steroid dienone is 1. The molecule has 4 nitrogen and oxygen atoms in total. The summed E-state index contributed by atoms with van der Waals surface area (Å²) in [6.45, 7) is 3.89. The van der Waals surface area contributed by atoms with Gasteiger partial charge in [0.05, 0.1) is 6.61 Å². The van der Waals surface area contributed by atoms with Crippen LogP contribution in [-0.4, -0.2) is 18.5 Å². The first-order chi connectivity index (χ1) is 11.3. The lowest BCUT2D eigenvalue weighted by Crippen LogP contribution is -1.94. The number of rotatable bonds is 6. The van der Waals surface area contributed by atoms with E-state index in [2.05, 4.69) is 6.58 Å². The average Bonchev–Trinajstić information content (AvgIpc) is 3.04. The molecule has 1 heterocycles. The summed E-state index contributed by atoms with van der Waals surface area (Å²) in [5, 5.41) is 8.91. The Morgan fingerprint density at radius 1 is 1.17 bits per heavy atom. The molecule has 0 bridgehead atoms. The fourth-order valence-electron chi connectivity index (χ4n) is 2.35. The van der Waals surface area contributed by atoms with Crippen molar-refractivity contribution in [3.05, 3.63) is 66.3 Å². The first-order valence-electron chi connectivity index (χ1n) is 7.39. The van der Waals surface area contributed by atoms with Crippen molar-refractivity contribution in [3.63, 3.8) is 0 Å². The monoisotopic (exact) mass is 310 g/mol. The third-order valence-electron chi connectivity index (χ3n) is 3.41.